The number of ether oxygens (including phenoxy) is 4. The van der Waals surface area contributed by atoms with Gasteiger partial charge in [-0.15, -0.1) is 0 Å². The summed E-state index contributed by atoms with van der Waals surface area (Å²) >= 11 is 0. The summed E-state index contributed by atoms with van der Waals surface area (Å²) in [4.78, 5) is 72.8. The van der Waals surface area contributed by atoms with E-state index in [0.717, 1.165) is 102 Å². The molecule has 0 saturated carbocycles. The highest BCUT2D eigenvalue weighted by molar-refractivity contribution is 7.47. The van der Waals surface area contributed by atoms with Gasteiger partial charge in [-0.3, -0.25) is 37.3 Å². The minimum absolute atomic E-state index is 0.107. The second-order valence-corrected chi connectivity index (χ2v) is 31.3. The molecule has 0 aromatic carbocycles. The fourth-order valence-electron chi connectivity index (χ4n) is 11.7. The smallest absolute Gasteiger partial charge is 0.462 e. The van der Waals surface area contributed by atoms with Crippen LogP contribution in [0, 0.1) is 11.8 Å². The number of hydrogen-bond acceptors (Lipinski definition) is 15. The Hall–Kier alpha value is -1.94. The van der Waals surface area contributed by atoms with Crippen LogP contribution in [0.2, 0.25) is 0 Å². The maximum absolute atomic E-state index is 13.1. The third-order valence-corrected chi connectivity index (χ3v) is 19.6. The van der Waals surface area contributed by atoms with Crippen molar-refractivity contribution in [2.24, 2.45) is 11.8 Å². The number of aliphatic hydroxyl groups excluding tert-OH is 1. The summed E-state index contributed by atoms with van der Waals surface area (Å²) in [7, 11) is -9.91. The summed E-state index contributed by atoms with van der Waals surface area (Å²) < 4.78 is 68.5. The Balaban J connectivity index is 5.24. The number of phosphoric acid groups is 2. The van der Waals surface area contributed by atoms with Gasteiger partial charge in [0.25, 0.3) is 0 Å². The molecule has 5 atom stereocenters. The fourth-order valence-corrected chi connectivity index (χ4v) is 13.2. The van der Waals surface area contributed by atoms with E-state index in [1.165, 1.54) is 205 Å². The molecule has 0 amide bonds. The highest BCUT2D eigenvalue weighted by Crippen LogP contribution is 2.45. The van der Waals surface area contributed by atoms with Crippen LogP contribution < -0.4 is 0 Å². The van der Waals surface area contributed by atoms with E-state index in [2.05, 4.69) is 41.5 Å². The summed E-state index contributed by atoms with van der Waals surface area (Å²) in [6.45, 7) is 9.57. The maximum Gasteiger partial charge on any atom is 0.472 e. The van der Waals surface area contributed by atoms with Gasteiger partial charge in [0.05, 0.1) is 26.4 Å². The van der Waals surface area contributed by atoms with Crippen molar-refractivity contribution in [2.45, 2.75) is 413 Å². The number of rotatable bonds is 75. The Kier molecular flexibility index (Phi) is 66.5. The number of esters is 4. The summed E-state index contributed by atoms with van der Waals surface area (Å²) in [5.41, 5.74) is 0. The molecular weight excluding hydrogens is 1250 g/mol. The van der Waals surface area contributed by atoms with Crippen molar-refractivity contribution in [3.63, 3.8) is 0 Å². The van der Waals surface area contributed by atoms with E-state index in [4.69, 9.17) is 37.0 Å². The first kappa shape index (κ1) is 93.1. The third kappa shape index (κ3) is 70.3. The van der Waals surface area contributed by atoms with Gasteiger partial charge in [-0.25, -0.2) is 9.13 Å². The zero-order valence-corrected chi connectivity index (χ0v) is 63.8. The van der Waals surface area contributed by atoms with E-state index < -0.39 is 97.5 Å². The highest BCUT2D eigenvalue weighted by atomic mass is 31.2. The third-order valence-electron chi connectivity index (χ3n) is 17.7. The number of phosphoric ester groups is 2. The quantitative estimate of drug-likeness (QED) is 0.0222. The van der Waals surface area contributed by atoms with Crippen molar-refractivity contribution in [1.29, 1.82) is 0 Å². The molecule has 0 aliphatic rings. The molecule has 0 spiro atoms. The molecule has 0 bridgehead atoms. The van der Waals surface area contributed by atoms with Crippen LogP contribution in [-0.4, -0.2) is 96.7 Å². The molecule has 0 aliphatic carbocycles. The molecule has 0 heterocycles. The van der Waals surface area contributed by atoms with E-state index in [-0.39, 0.29) is 25.7 Å². The highest BCUT2D eigenvalue weighted by Gasteiger charge is 2.30. The van der Waals surface area contributed by atoms with Crippen LogP contribution in [0.15, 0.2) is 0 Å². The monoisotopic (exact) mass is 1400 g/mol. The van der Waals surface area contributed by atoms with Crippen LogP contribution in [0.25, 0.3) is 0 Å². The molecule has 0 fully saturated rings. The van der Waals surface area contributed by atoms with Gasteiger partial charge in [-0.05, 0) is 37.5 Å². The van der Waals surface area contributed by atoms with Gasteiger partial charge in [0.2, 0.25) is 0 Å². The van der Waals surface area contributed by atoms with Gasteiger partial charge in [-0.2, -0.15) is 0 Å². The van der Waals surface area contributed by atoms with Crippen LogP contribution >= 0.6 is 15.6 Å². The lowest BCUT2D eigenvalue weighted by molar-refractivity contribution is -0.161. The lowest BCUT2D eigenvalue weighted by Gasteiger charge is -2.21. The van der Waals surface area contributed by atoms with Crippen LogP contribution in [0.5, 0.6) is 0 Å². The van der Waals surface area contributed by atoms with E-state index in [1.54, 1.807) is 0 Å². The maximum atomic E-state index is 13.1. The van der Waals surface area contributed by atoms with Gasteiger partial charge in [-0.1, -0.05) is 343 Å². The molecule has 2 unspecified atom stereocenters. The van der Waals surface area contributed by atoms with Gasteiger partial charge in [0.1, 0.15) is 19.3 Å². The standard InChI is InChI=1S/C76H148O17P2/c1-7-9-11-13-15-17-19-21-27-30-34-40-46-52-58-73(78)86-64-71(92-76(81)61-55-49-42-36-32-28-24-22-23-26-29-33-38-44-50-56-68(3)4)66-90-94(82,83)88-62-70(77)63-89-95(84,85)91-67-72(65-87-74(79)59-53-47-43-37-39-45-51-57-69(5)6)93-75(80)60-54-48-41-35-31-25-20-18-16-14-12-10-8-2/h68-72,77H,7-67H2,1-6H3,(H,82,83)(H,84,85)/t70-,71-,72-/m1/s1. The normalized spacial score (nSPS) is 14.0. The predicted molar refractivity (Wildman–Crippen MR) is 386 cm³/mol. The first-order valence-electron chi connectivity index (χ1n) is 39.5. The molecule has 0 rings (SSSR count). The molecule has 0 aromatic heterocycles. The molecule has 19 heteroatoms. The Morgan fingerprint density at radius 1 is 0.284 bits per heavy atom. The zero-order valence-electron chi connectivity index (χ0n) is 62.0. The first-order valence-corrected chi connectivity index (χ1v) is 42.5. The fraction of sp³-hybridized carbons (Fsp3) is 0.947. The van der Waals surface area contributed by atoms with Gasteiger partial charge < -0.3 is 33.8 Å². The number of hydrogen-bond donors (Lipinski definition) is 3. The molecule has 0 aromatic rings. The van der Waals surface area contributed by atoms with Crippen LogP contribution in [0.1, 0.15) is 395 Å². The average Bonchev–Trinajstić information content (AvgIpc) is 1.70. The summed E-state index contributed by atoms with van der Waals surface area (Å²) in [5, 5.41) is 10.6. The Morgan fingerprint density at radius 3 is 0.716 bits per heavy atom. The van der Waals surface area contributed by atoms with Crippen molar-refractivity contribution >= 4 is 39.5 Å². The van der Waals surface area contributed by atoms with Crippen LogP contribution in [-0.2, 0) is 65.4 Å². The Bertz CT molecular complexity index is 1840. The SMILES string of the molecule is CCCCCCCCCCCCCCCCC(=O)OC[C@H](COP(=O)(O)OC[C@@H](O)COP(=O)(O)OC[C@@H](COC(=O)CCCCCCCCCC(C)C)OC(=O)CCCCCCCCCCCCCCC)OC(=O)CCCCCCCCCCCCCCCCCC(C)C. The van der Waals surface area contributed by atoms with Crippen LogP contribution in [0.4, 0.5) is 0 Å². The number of aliphatic hydroxyl groups is 1. The Morgan fingerprint density at radius 2 is 0.484 bits per heavy atom. The summed E-state index contributed by atoms with van der Waals surface area (Å²) in [6.07, 6.45) is 55.4. The summed E-state index contributed by atoms with van der Waals surface area (Å²) in [5.74, 6) is -0.606. The molecule has 0 aliphatic heterocycles. The van der Waals surface area contributed by atoms with Crippen molar-refractivity contribution in [3.8, 4) is 0 Å². The molecule has 0 saturated heterocycles. The van der Waals surface area contributed by atoms with E-state index in [9.17, 15) is 43.2 Å². The van der Waals surface area contributed by atoms with E-state index in [0.29, 0.717) is 31.6 Å². The first-order chi connectivity index (χ1) is 45.9. The molecule has 17 nitrogen and oxygen atoms in total. The average molecular weight is 1400 g/mol. The predicted octanol–water partition coefficient (Wildman–Crippen LogP) is 22.3. The lowest BCUT2D eigenvalue weighted by atomic mass is 10.0. The van der Waals surface area contributed by atoms with Crippen LogP contribution in [0.3, 0.4) is 0 Å². The van der Waals surface area contributed by atoms with E-state index >= 15 is 0 Å². The lowest BCUT2D eigenvalue weighted by Crippen LogP contribution is -2.30. The minimum Gasteiger partial charge on any atom is -0.462 e. The zero-order chi connectivity index (χ0) is 70.0. The molecular formula is C76H148O17P2. The molecule has 564 valence electrons. The van der Waals surface area contributed by atoms with Gasteiger partial charge in [0, 0.05) is 25.7 Å². The second kappa shape index (κ2) is 67.9. The molecule has 0 radical (unpaired) electrons. The number of carbonyl (C=O) groups excluding carboxylic acids is 4. The summed E-state index contributed by atoms with van der Waals surface area (Å²) in [6, 6.07) is 0. The molecule has 3 N–H and O–H groups in total. The van der Waals surface area contributed by atoms with Crippen molar-refractivity contribution in [3.05, 3.63) is 0 Å². The largest absolute Gasteiger partial charge is 0.472 e. The Labute approximate surface area is 581 Å². The van der Waals surface area contributed by atoms with Crippen molar-refractivity contribution < 1.29 is 80.2 Å². The number of carbonyl (C=O) groups is 4. The van der Waals surface area contributed by atoms with Crippen molar-refractivity contribution in [2.75, 3.05) is 39.6 Å². The van der Waals surface area contributed by atoms with Gasteiger partial charge >= 0.3 is 39.5 Å². The van der Waals surface area contributed by atoms with Crippen molar-refractivity contribution in [1.82, 2.24) is 0 Å². The number of unbranched alkanes of at least 4 members (excludes halogenated alkanes) is 45. The van der Waals surface area contributed by atoms with Gasteiger partial charge in [0.15, 0.2) is 12.2 Å². The topological polar surface area (TPSA) is 237 Å². The second-order valence-electron chi connectivity index (χ2n) is 28.3. The minimum atomic E-state index is -4.96. The molecule has 95 heavy (non-hydrogen) atoms. The van der Waals surface area contributed by atoms with E-state index in [1.807, 2.05) is 0 Å².